The van der Waals surface area contributed by atoms with Gasteiger partial charge in [-0.2, -0.15) is 0 Å². The quantitative estimate of drug-likeness (QED) is 0.897. The van der Waals surface area contributed by atoms with Gasteiger partial charge in [-0.15, -0.1) is 11.3 Å². The number of nitrogens with zero attached hydrogens (tertiary/aromatic N) is 1. The summed E-state index contributed by atoms with van der Waals surface area (Å²) in [6, 6.07) is 11.6. The van der Waals surface area contributed by atoms with E-state index in [1.807, 2.05) is 0 Å². The number of rotatable bonds is 5. The molecule has 1 saturated heterocycles. The van der Waals surface area contributed by atoms with Gasteiger partial charge in [0, 0.05) is 22.0 Å². The van der Waals surface area contributed by atoms with E-state index in [0.717, 1.165) is 13.1 Å². The zero-order chi connectivity index (χ0) is 15.4. The van der Waals surface area contributed by atoms with Crippen LogP contribution in [-0.4, -0.2) is 30.4 Å². The summed E-state index contributed by atoms with van der Waals surface area (Å²) in [6.45, 7) is 2.84. The first kappa shape index (κ1) is 15.5. The Morgan fingerprint density at radius 2 is 2.09 bits per heavy atom. The summed E-state index contributed by atoms with van der Waals surface area (Å²) >= 11 is 7.70. The van der Waals surface area contributed by atoms with E-state index >= 15 is 0 Å². The molecule has 5 heteroatoms. The van der Waals surface area contributed by atoms with Gasteiger partial charge in [0.2, 0.25) is 0 Å². The number of thiophene rings is 1. The highest BCUT2D eigenvalue weighted by Crippen LogP contribution is 2.27. The fourth-order valence-corrected chi connectivity index (χ4v) is 3.92. The average molecular weight is 335 g/mol. The molecule has 1 aliphatic rings. The third-order valence-electron chi connectivity index (χ3n) is 4.00. The maximum Gasteiger partial charge on any atom is 0.251 e. The molecule has 1 atom stereocenters. The van der Waals surface area contributed by atoms with E-state index in [2.05, 4.69) is 27.7 Å². The van der Waals surface area contributed by atoms with Gasteiger partial charge in [0.1, 0.15) is 0 Å². The molecular weight excluding hydrogens is 316 g/mol. The molecule has 1 aliphatic heterocycles. The number of hydrogen-bond acceptors (Lipinski definition) is 3. The number of benzene rings is 1. The van der Waals surface area contributed by atoms with Crippen molar-refractivity contribution in [3.63, 3.8) is 0 Å². The van der Waals surface area contributed by atoms with E-state index in [9.17, 15) is 4.79 Å². The fraction of sp³-hybridized carbons (Fsp3) is 0.353. The molecule has 1 fully saturated rings. The number of nitrogens with one attached hydrogen (secondary N) is 1. The minimum Gasteiger partial charge on any atom is -0.350 e. The van der Waals surface area contributed by atoms with Crippen LogP contribution >= 0.6 is 22.9 Å². The van der Waals surface area contributed by atoms with Crippen LogP contribution in [0.2, 0.25) is 5.02 Å². The maximum atomic E-state index is 12.3. The molecule has 0 bridgehead atoms. The van der Waals surface area contributed by atoms with Crippen LogP contribution in [0, 0.1) is 0 Å². The van der Waals surface area contributed by atoms with Crippen molar-refractivity contribution in [2.45, 2.75) is 18.9 Å². The number of carbonyl (C=O) groups is 1. The largest absolute Gasteiger partial charge is 0.350 e. The number of halogens is 1. The Balaban J connectivity index is 1.67. The molecule has 2 heterocycles. The number of likely N-dealkylation sites (tertiary alicyclic amines) is 1. The molecule has 116 valence electrons. The monoisotopic (exact) mass is 334 g/mol. The molecule has 1 unspecified atom stereocenters. The molecule has 0 spiro atoms. The van der Waals surface area contributed by atoms with Crippen LogP contribution in [0.25, 0.3) is 0 Å². The van der Waals surface area contributed by atoms with Gasteiger partial charge >= 0.3 is 0 Å². The zero-order valence-electron chi connectivity index (χ0n) is 12.3. The summed E-state index contributed by atoms with van der Waals surface area (Å²) in [5.74, 6) is -0.0664. The first-order chi connectivity index (χ1) is 10.7. The van der Waals surface area contributed by atoms with Crippen molar-refractivity contribution >= 4 is 28.8 Å². The average Bonchev–Trinajstić information content (AvgIpc) is 3.21. The molecule has 2 aromatic rings. The van der Waals surface area contributed by atoms with Gasteiger partial charge in [-0.05, 0) is 55.6 Å². The van der Waals surface area contributed by atoms with E-state index in [1.165, 1.54) is 17.7 Å². The third-order valence-corrected chi connectivity index (χ3v) is 5.20. The van der Waals surface area contributed by atoms with Crippen molar-refractivity contribution in [2.75, 3.05) is 19.6 Å². The third kappa shape index (κ3) is 3.69. The second-order valence-electron chi connectivity index (χ2n) is 5.49. The van der Waals surface area contributed by atoms with Gasteiger partial charge in [0.15, 0.2) is 0 Å². The van der Waals surface area contributed by atoms with Crippen molar-refractivity contribution in [3.05, 3.63) is 57.2 Å². The summed E-state index contributed by atoms with van der Waals surface area (Å²) in [5.41, 5.74) is 0.610. The first-order valence-corrected chi connectivity index (χ1v) is 8.81. The minimum absolute atomic E-state index is 0.0664. The second-order valence-corrected chi connectivity index (χ2v) is 6.91. The molecular formula is C17H19ClN2OS. The Hall–Kier alpha value is -1.36. The van der Waals surface area contributed by atoms with E-state index < -0.39 is 0 Å². The highest BCUT2D eigenvalue weighted by atomic mass is 35.5. The van der Waals surface area contributed by atoms with Crippen molar-refractivity contribution in [1.29, 1.82) is 0 Å². The van der Waals surface area contributed by atoms with Gasteiger partial charge in [-0.1, -0.05) is 23.7 Å². The Kier molecular flexibility index (Phi) is 5.13. The summed E-state index contributed by atoms with van der Waals surface area (Å²) in [7, 11) is 0. The molecule has 1 amide bonds. The maximum absolute atomic E-state index is 12.3. The SMILES string of the molecule is O=C(NCC(c1cccs1)N1CCCC1)c1cccc(Cl)c1. The van der Waals surface area contributed by atoms with E-state index in [0.29, 0.717) is 17.1 Å². The lowest BCUT2D eigenvalue weighted by atomic mass is 10.2. The summed E-state index contributed by atoms with van der Waals surface area (Å²) in [5, 5.41) is 5.74. The van der Waals surface area contributed by atoms with Gasteiger partial charge in [0.25, 0.3) is 5.91 Å². The molecule has 3 nitrogen and oxygen atoms in total. The normalized spacial score (nSPS) is 16.6. The molecule has 0 radical (unpaired) electrons. The van der Waals surface area contributed by atoms with Crippen LogP contribution < -0.4 is 5.32 Å². The van der Waals surface area contributed by atoms with Crippen LogP contribution in [0.4, 0.5) is 0 Å². The number of hydrogen-bond donors (Lipinski definition) is 1. The Labute approximate surface area is 139 Å². The second kappa shape index (κ2) is 7.27. The molecule has 1 aromatic heterocycles. The van der Waals surface area contributed by atoms with E-state index in [1.54, 1.807) is 35.6 Å². The molecule has 1 aromatic carbocycles. The Morgan fingerprint density at radius 3 is 2.77 bits per heavy atom. The predicted molar refractivity (Wildman–Crippen MR) is 91.7 cm³/mol. The van der Waals surface area contributed by atoms with Crippen LogP contribution in [0.15, 0.2) is 41.8 Å². The molecule has 3 rings (SSSR count). The molecule has 22 heavy (non-hydrogen) atoms. The van der Waals surface area contributed by atoms with Crippen molar-refractivity contribution in [2.24, 2.45) is 0 Å². The smallest absolute Gasteiger partial charge is 0.251 e. The number of carbonyl (C=O) groups excluding carboxylic acids is 1. The van der Waals surface area contributed by atoms with Crippen LogP contribution in [-0.2, 0) is 0 Å². The molecule has 1 N–H and O–H groups in total. The van der Waals surface area contributed by atoms with Crippen LogP contribution in [0.3, 0.4) is 0 Å². The zero-order valence-corrected chi connectivity index (χ0v) is 13.9. The van der Waals surface area contributed by atoms with Gasteiger partial charge < -0.3 is 5.32 Å². The highest BCUT2D eigenvalue weighted by Gasteiger charge is 2.24. The molecule has 0 aliphatic carbocycles. The topological polar surface area (TPSA) is 32.3 Å². The first-order valence-electron chi connectivity index (χ1n) is 7.55. The lowest BCUT2D eigenvalue weighted by Crippen LogP contribution is -2.36. The lowest BCUT2D eigenvalue weighted by molar-refractivity contribution is 0.0938. The Morgan fingerprint density at radius 1 is 1.27 bits per heavy atom. The summed E-state index contributed by atoms with van der Waals surface area (Å²) in [6.07, 6.45) is 2.48. The predicted octanol–water partition coefficient (Wildman–Crippen LogP) is 3.97. The summed E-state index contributed by atoms with van der Waals surface area (Å²) < 4.78 is 0. The standard InChI is InChI=1S/C17H19ClN2OS/c18-14-6-3-5-13(11-14)17(21)19-12-15(16-7-4-10-22-16)20-8-1-2-9-20/h3-7,10-11,15H,1-2,8-9,12H2,(H,19,21). The fourth-order valence-electron chi connectivity index (χ4n) is 2.86. The van der Waals surface area contributed by atoms with E-state index in [-0.39, 0.29) is 11.9 Å². The van der Waals surface area contributed by atoms with Gasteiger partial charge in [-0.25, -0.2) is 0 Å². The van der Waals surface area contributed by atoms with Crippen LogP contribution in [0.1, 0.15) is 34.1 Å². The highest BCUT2D eigenvalue weighted by molar-refractivity contribution is 7.10. The summed E-state index contributed by atoms with van der Waals surface area (Å²) in [4.78, 5) is 16.1. The van der Waals surface area contributed by atoms with Gasteiger partial charge in [-0.3, -0.25) is 9.69 Å². The van der Waals surface area contributed by atoms with Crippen molar-refractivity contribution in [3.8, 4) is 0 Å². The Bertz CT molecular complexity index is 623. The van der Waals surface area contributed by atoms with Crippen molar-refractivity contribution in [1.82, 2.24) is 10.2 Å². The van der Waals surface area contributed by atoms with Gasteiger partial charge in [0.05, 0.1) is 6.04 Å². The van der Waals surface area contributed by atoms with Crippen LogP contribution in [0.5, 0.6) is 0 Å². The lowest BCUT2D eigenvalue weighted by Gasteiger charge is -2.26. The minimum atomic E-state index is -0.0664. The molecule has 0 saturated carbocycles. The number of amides is 1. The van der Waals surface area contributed by atoms with E-state index in [4.69, 9.17) is 11.6 Å². The van der Waals surface area contributed by atoms with Crippen molar-refractivity contribution < 1.29 is 4.79 Å².